The topological polar surface area (TPSA) is 166 Å². The van der Waals surface area contributed by atoms with E-state index in [1.54, 1.807) is 0 Å². The first kappa shape index (κ1) is 25.1. The summed E-state index contributed by atoms with van der Waals surface area (Å²) in [5.74, 6) is -2.43. The standard InChI is InChI=1S/C15H27NO10S/c1-5-24-13(20)25-10-15(21,12(18)19)14(3,4)9-26-27(22,23)8-6-7-16-11(2)17/h21H,5-10H2,1-4H3,(H,16,17)(H,18,19)/t15-/m1/s1. The highest BCUT2D eigenvalue weighted by Crippen LogP contribution is 2.33. The van der Waals surface area contributed by atoms with E-state index in [-0.39, 0.29) is 25.5 Å². The third-order valence-corrected chi connectivity index (χ3v) is 4.94. The van der Waals surface area contributed by atoms with Crippen molar-refractivity contribution < 1.29 is 46.7 Å². The lowest BCUT2D eigenvalue weighted by molar-refractivity contribution is -0.184. The van der Waals surface area contributed by atoms with Gasteiger partial charge >= 0.3 is 12.1 Å². The van der Waals surface area contributed by atoms with Crippen LogP contribution in [0.1, 0.15) is 34.1 Å². The molecule has 0 saturated carbocycles. The van der Waals surface area contributed by atoms with Crippen LogP contribution in [0.5, 0.6) is 0 Å². The molecule has 1 atom stereocenters. The van der Waals surface area contributed by atoms with Crippen LogP contribution >= 0.6 is 0 Å². The Labute approximate surface area is 158 Å². The fraction of sp³-hybridized carbons (Fsp3) is 0.800. The second kappa shape index (κ2) is 10.4. The van der Waals surface area contributed by atoms with Crippen molar-refractivity contribution in [1.29, 1.82) is 0 Å². The van der Waals surface area contributed by atoms with Gasteiger partial charge in [0.2, 0.25) is 11.5 Å². The van der Waals surface area contributed by atoms with E-state index >= 15 is 0 Å². The lowest BCUT2D eigenvalue weighted by atomic mass is 9.76. The number of ether oxygens (including phenoxy) is 2. The van der Waals surface area contributed by atoms with Crippen LogP contribution in [0.25, 0.3) is 0 Å². The van der Waals surface area contributed by atoms with Crippen LogP contribution in [0, 0.1) is 5.41 Å². The molecule has 0 aromatic rings. The Bertz CT molecular complexity index is 631. The quantitative estimate of drug-likeness (QED) is 0.223. The van der Waals surface area contributed by atoms with Gasteiger partial charge in [0.1, 0.15) is 6.61 Å². The number of hydrogen-bond acceptors (Lipinski definition) is 9. The number of carbonyl (C=O) groups excluding carboxylic acids is 2. The maximum absolute atomic E-state index is 11.9. The zero-order valence-electron chi connectivity index (χ0n) is 15.8. The van der Waals surface area contributed by atoms with Crippen molar-refractivity contribution in [2.24, 2.45) is 5.41 Å². The molecule has 3 N–H and O–H groups in total. The molecule has 0 unspecified atom stereocenters. The Morgan fingerprint density at radius 1 is 1.11 bits per heavy atom. The number of aliphatic carboxylic acids is 1. The highest BCUT2D eigenvalue weighted by Gasteiger charge is 2.52. The first-order valence-electron chi connectivity index (χ1n) is 8.14. The van der Waals surface area contributed by atoms with Crippen molar-refractivity contribution in [2.45, 2.75) is 39.7 Å². The monoisotopic (exact) mass is 413 g/mol. The van der Waals surface area contributed by atoms with Crippen molar-refractivity contribution >= 4 is 28.1 Å². The predicted molar refractivity (Wildman–Crippen MR) is 92.4 cm³/mol. The van der Waals surface area contributed by atoms with E-state index in [0.29, 0.717) is 0 Å². The smallest absolute Gasteiger partial charge is 0.479 e. The molecule has 0 aliphatic rings. The molecule has 0 bridgehead atoms. The summed E-state index contributed by atoms with van der Waals surface area (Å²) in [6.45, 7) is 3.80. The summed E-state index contributed by atoms with van der Waals surface area (Å²) in [4.78, 5) is 33.5. The number of nitrogens with one attached hydrogen (secondary N) is 1. The number of amides is 1. The first-order chi connectivity index (χ1) is 12.3. The molecule has 0 spiro atoms. The van der Waals surface area contributed by atoms with E-state index in [1.807, 2.05) is 0 Å². The second-order valence-corrected chi connectivity index (χ2v) is 8.14. The van der Waals surface area contributed by atoms with Crippen molar-refractivity contribution in [2.75, 3.05) is 32.1 Å². The van der Waals surface area contributed by atoms with Crippen LogP contribution in [0.3, 0.4) is 0 Å². The number of rotatable bonds is 12. The molecule has 11 nitrogen and oxygen atoms in total. The van der Waals surface area contributed by atoms with Crippen molar-refractivity contribution in [3.8, 4) is 0 Å². The van der Waals surface area contributed by atoms with Gasteiger partial charge in [0, 0.05) is 18.9 Å². The van der Waals surface area contributed by atoms with Gasteiger partial charge < -0.3 is 25.0 Å². The Morgan fingerprint density at radius 3 is 2.19 bits per heavy atom. The van der Waals surface area contributed by atoms with E-state index in [9.17, 15) is 33.0 Å². The van der Waals surface area contributed by atoms with Gasteiger partial charge in [-0.3, -0.25) is 8.98 Å². The second-order valence-electron chi connectivity index (χ2n) is 6.38. The van der Waals surface area contributed by atoms with E-state index in [4.69, 9.17) is 4.18 Å². The minimum absolute atomic E-state index is 0.00638. The fourth-order valence-corrected chi connectivity index (χ4v) is 2.89. The number of carbonyl (C=O) groups is 3. The van der Waals surface area contributed by atoms with Crippen LogP contribution in [0.2, 0.25) is 0 Å². The summed E-state index contributed by atoms with van der Waals surface area (Å²) in [5.41, 5.74) is -4.26. The Morgan fingerprint density at radius 2 is 1.70 bits per heavy atom. The minimum atomic E-state index is -4.03. The van der Waals surface area contributed by atoms with Crippen LogP contribution < -0.4 is 5.32 Å². The molecule has 0 aliphatic carbocycles. The highest BCUT2D eigenvalue weighted by atomic mass is 32.2. The molecule has 0 radical (unpaired) electrons. The van der Waals surface area contributed by atoms with Gasteiger partial charge in [-0.15, -0.1) is 0 Å². The molecule has 0 aromatic heterocycles. The van der Waals surface area contributed by atoms with Crippen LogP contribution in [-0.2, 0) is 33.4 Å². The third-order valence-electron chi connectivity index (χ3n) is 3.68. The Balaban J connectivity index is 4.92. The van der Waals surface area contributed by atoms with Crippen molar-refractivity contribution in [3.05, 3.63) is 0 Å². The van der Waals surface area contributed by atoms with Crippen LogP contribution in [0.15, 0.2) is 0 Å². The van der Waals surface area contributed by atoms with E-state index < -0.39 is 52.2 Å². The average molecular weight is 413 g/mol. The molecule has 0 saturated heterocycles. The predicted octanol–water partition coefficient (Wildman–Crippen LogP) is -0.126. The number of aliphatic hydroxyl groups is 1. The van der Waals surface area contributed by atoms with Crippen LogP contribution in [0.4, 0.5) is 4.79 Å². The van der Waals surface area contributed by atoms with Gasteiger partial charge in [-0.1, -0.05) is 13.8 Å². The number of carboxylic acid groups (broad SMARTS) is 1. The molecule has 0 heterocycles. The lowest BCUT2D eigenvalue weighted by Gasteiger charge is -2.37. The molecular formula is C15H27NO10S. The molecule has 0 fully saturated rings. The van der Waals surface area contributed by atoms with Gasteiger partial charge in [0.05, 0.1) is 19.0 Å². The van der Waals surface area contributed by atoms with Gasteiger partial charge in [-0.25, -0.2) is 9.59 Å². The molecule has 1 amide bonds. The average Bonchev–Trinajstić information content (AvgIpc) is 2.55. The largest absolute Gasteiger partial charge is 0.508 e. The maximum atomic E-state index is 11.9. The van der Waals surface area contributed by atoms with Crippen molar-refractivity contribution in [1.82, 2.24) is 5.32 Å². The summed E-state index contributed by atoms with van der Waals surface area (Å²) in [7, 11) is -4.03. The highest BCUT2D eigenvalue weighted by molar-refractivity contribution is 7.86. The molecule has 0 rings (SSSR count). The van der Waals surface area contributed by atoms with E-state index in [2.05, 4.69) is 14.8 Å². The third kappa shape index (κ3) is 8.54. The summed E-state index contributed by atoms with van der Waals surface area (Å²) in [6.07, 6.45) is -1.07. The Hall–Kier alpha value is -1.92. The van der Waals surface area contributed by atoms with Gasteiger partial charge in [-0.2, -0.15) is 8.42 Å². The number of carboxylic acids is 1. The molecule has 158 valence electrons. The Kier molecular flexibility index (Phi) is 9.68. The maximum Gasteiger partial charge on any atom is 0.508 e. The van der Waals surface area contributed by atoms with E-state index in [0.717, 1.165) is 0 Å². The zero-order valence-corrected chi connectivity index (χ0v) is 16.6. The first-order valence-corrected chi connectivity index (χ1v) is 9.72. The molecule has 0 aliphatic heterocycles. The summed E-state index contributed by atoms with van der Waals surface area (Å²) in [6, 6.07) is 0. The minimum Gasteiger partial charge on any atom is -0.479 e. The molecular weight excluding hydrogens is 386 g/mol. The molecule has 27 heavy (non-hydrogen) atoms. The summed E-state index contributed by atoms with van der Waals surface area (Å²) < 4.78 is 37.7. The summed E-state index contributed by atoms with van der Waals surface area (Å²) in [5, 5.41) is 22.2. The molecule has 12 heteroatoms. The normalized spacial score (nSPS) is 14.1. The van der Waals surface area contributed by atoms with E-state index in [1.165, 1.54) is 27.7 Å². The van der Waals surface area contributed by atoms with Crippen LogP contribution in [-0.4, -0.2) is 74.4 Å². The van der Waals surface area contributed by atoms with Gasteiger partial charge in [0.15, 0.2) is 0 Å². The SMILES string of the molecule is CCOC(=O)OC[C@@](O)(C(=O)O)C(C)(C)COS(=O)(=O)CCCNC(C)=O. The van der Waals surface area contributed by atoms with Gasteiger partial charge in [0.25, 0.3) is 10.1 Å². The fourth-order valence-electron chi connectivity index (χ4n) is 1.80. The lowest BCUT2D eigenvalue weighted by Crippen LogP contribution is -2.57. The van der Waals surface area contributed by atoms with Gasteiger partial charge in [-0.05, 0) is 13.3 Å². The summed E-state index contributed by atoms with van der Waals surface area (Å²) >= 11 is 0. The number of hydrogen-bond donors (Lipinski definition) is 3. The zero-order chi connectivity index (χ0) is 21.3. The molecule has 0 aromatic carbocycles. The van der Waals surface area contributed by atoms with Crippen molar-refractivity contribution in [3.63, 3.8) is 0 Å².